The van der Waals surface area contributed by atoms with Gasteiger partial charge in [0, 0.05) is 5.56 Å². The average Bonchev–Trinajstić information content (AvgIpc) is 2.14. The molecule has 1 aromatic rings. The van der Waals surface area contributed by atoms with Crippen molar-refractivity contribution in [3.05, 3.63) is 34.4 Å². The highest BCUT2D eigenvalue weighted by atomic mass is 16.1. The van der Waals surface area contributed by atoms with E-state index in [1.54, 1.807) is 0 Å². The second-order valence-corrected chi connectivity index (χ2v) is 5.22. The molecule has 0 aromatic heterocycles. The van der Waals surface area contributed by atoms with Crippen LogP contribution in [0.3, 0.4) is 0 Å². The number of ketones is 1. The summed E-state index contributed by atoms with van der Waals surface area (Å²) in [5.41, 5.74) is 4.26. The summed E-state index contributed by atoms with van der Waals surface area (Å²) in [4.78, 5) is 12.1. The van der Waals surface area contributed by atoms with E-state index >= 15 is 0 Å². The minimum absolute atomic E-state index is 0.195. The molecule has 0 unspecified atom stereocenters. The van der Waals surface area contributed by atoms with Gasteiger partial charge in [0.2, 0.25) is 0 Å². The van der Waals surface area contributed by atoms with Crippen molar-refractivity contribution in [3.63, 3.8) is 0 Å². The van der Waals surface area contributed by atoms with Crippen molar-refractivity contribution in [1.82, 2.24) is 5.32 Å². The fourth-order valence-electron chi connectivity index (χ4n) is 2.18. The molecule has 0 aliphatic rings. The number of hydrogen-bond acceptors (Lipinski definition) is 2. The van der Waals surface area contributed by atoms with Gasteiger partial charge in [0.15, 0.2) is 5.78 Å². The lowest BCUT2D eigenvalue weighted by atomic mass is 9.96. The third kappa shape index (κ3) is 3.97. The molecule has 0 heterocycles. The Kier molecular flexibility index (Phi) is 4.88. The van der Waals surface area contributed by atoms with Crippen LogP contribution in [0, 0.1) is 26.7 Å². The molecule has 94 valence electrons. The third-order valence-corrected chi connectivity index (χ3v) is 2.79. The Balaban J connectivity index is 2.76. The van der Waals surface area contributed by atoms with E-state index in [0.29, 0.717) is 12.5 Å². The zero-order valence-electron chi connectivity index (χ0n) is 11.6. The quantitative estimate of drug-likeness (QED) is 0.792. The standard InChI is InChI=1S/C15H23NO/c1-10(2)8-16-9-14(17)15-12(4)6-11(3)7-13(15)5/h6-7,10,16H,8-9H2,1-5H3. The normalized spacial score (nSPS) is 10.9. The number of Topliss-reactive ketones (excluding diaryl/α,β-unsaturated/α-hetero) is 1. The van der Waals surface area contributed by atoms with Crippen LogP contribution in [0.2, 0.25) is 0 Å². The summed E-state index contributed by atoms with van der Waals surface area (Å²) in [6, 6.07) is 4.14. The topological polar surface area (TPSA) is 29.1 Å². The number of aryl methyl sites for hydroxylation is 3. The van der Waals surface area contributed by atoms with Crippen LogP contribution >= 0.6 is 0 Å². The second kappa shape index (κ2) is 5.97. The van der Waals surface area contributed by atoms with Crippen LogP contribution in [-0.2, 0) is 0 Å². The van der Waals surface area contributed by atoms with Crippen molar-refractivity contribution in [1.29, 1.82) is 0 Å². The molecular formula is C15H23NO. The summed E-state index contributed by atoms with van der Waals surface area (Å²) in [7, 11) is 0. The molecule has 2 nitrogen and oxygen atoms in total. The summed E-state index contributed by atoms with van der Waals surface area (Å²) in [5.74, 6) is 0.767. The molecule has 0 fully saturated rings. The zero-order chi connectivity index (χ0) is 13.0. The molecule has 0 atom stereocenters. The van der Waals surface area contributed by atoms with Crippen molar-refractivity contribution >= 4 is 5.78 Å². The van der Waals surface area contributed by atoms with E-state index in [4.69, 9.17) is 0 Å². The van der Waals surface area contributed by atoms with Gasteiger partial charge in [-0.05, 0) is 44.4 Å². The number of rotatable bonds is 5. The maximum atomic E-state index is 12.1. The molecule has 0 bridgehead atoms. The molecule has 0 spiro atoms. The molecule has 0 radical (unpaired) electrons. The maximum Gasteiger partial charge on any atom is 0.177 e. The Bertz CT molecular complexity index is 384. The number of hydrogen-bond donors (Lipinski definition) is 1. The molecule has 1 aromatic carbocycles. The summed E-state index contributed by atoms with van der Waals surface area (Å²) < 4.78 is 0. The lowest BCUT2D eigenvalue weighted by molar-refractivity contribution is 0.0989. The van der Waals surface area contributed by atoms with Crippen LogP contribution < -0.4 is 5.32 Å². The van der Waals surface area contributed by atoms with Crippen molar-refractivity contribution < 1.29 is 4.79 Å². The first-order valence-electron chi connectivity index (χ1n) is 6.23. The largest absolute Gasteiger partial charge is 0.309 e. The molecular weight excluding hydrogens is 210 g/mol. The van der Waals surface area contributed by atoms with Crippen molar-refractivity contribution in [2.45, 2.75) is 34.6 Å². The van der Waals surface area contributed by atoms with Gasteiger partial charge in [-0.2, -0.15) is 0 Å². The lowest BCUT2D eigenvalue weighted by Gasteiger charge is -2.11. The SMILES string of the molecule is Cc1cc(C)c(C(=O)CNCC(C)C)c(C)c1. The van der Waals surface area contributed by atoms with Crippen LogP contribution in [0.25, 0.3) is 0 Å². The second-order valence-electron chi connectivity index (χ2n) is 5.22. The summed E-state index contributed by atoms with van der Waals surface area (Å²) in [6.07, 6.45) is 0. The van der Waals surface area contributed by atoms with Crippen molar-refractivity contribution in [2.75, 3.05) is 13.1 Å². The van der Waals surface area contributed by atoms with Gasteiger partial charge in [-0.3, -0.25) is 4.79 Å². The summed E-state index contributed by atoms with van der Waals surface area (Å²) in [6.45, 7) is 11.7. The van der Waals surface area contributed by atoms with Crippen LogP contribution in [-0.4, -0.2) is 18.9 Å². The van der Waals surface area contributed by atoms with Gasteiger partial charge in [-0.1, -0.05) is 31.5 Å². The van der Waals surface area contributed by atoms with Gasteiger partial charge in [0.25, 0.3) is 0 Å². The number of benzene rings is 1. The van der Waals surface area contributed by atoms with E-state index in [-0.39, 0.29) is 5.78 Å². The highest BCUT2D eigenvalue weighted by molar-refractivity contribution is 6.00. The number of carbonyl (C=O) groups excluding carboxylic acids is 1. The molecule has 0 aliphatic carbocycles. The smallest absolute Gasteiger partial charge is 0.177 e. The minimum atomic E-state index is 0.195. The molecule has 17 heavy (non-hydrogen) atoms. The van der Waals surface area contributed by atoms with Crippen LogP contribution in [0.4, 0.5) is 0 Å². The van der Waals surface area contributed by atoms with Gasteiger partial charge in [-0.15, -0.1) is 0 Å². The lowest BCUT2D eigenvalue weighted by Crippen LogP contribution is -2.27. The average molecular weight is 233 g/mol. The zero-order valence-corrected chi connectivity index (χ0v) is 11.6. The van der Waals surface area contributed by atoms with Crippen molar-refractivity contribution in [2.24, 2.45) is 5.92 Å². The summed E-state index contributed by atoms with van der Waals surface area (Å²) in [5, 5.41) is 3.20. The van der Waals surface area contributed by atoms with E-state index in [1.165, 1.54) is 5.56 Å². The van der Waals surface area contributed by atoms with E-state index in [1.807, 2.05) is 13.8 Å². The van der Waals surface area contributed by atoms with Crippen molar-refractivity contribution in [3.8, 4) is 0 Å². The van der Waals surface area contributed by atoms with Crippen LogP contribution in [0.15, 0.2) is 12.1 Å². The molecule has 1 rings (SSSR count). The Morgan fingerprint density at radius 3 is 2.18 bits per heavy atom. The first kappa shape index (κ1) is 13.9. The third-order valence-electron chi connectivity index (χ3n) is 2.79. The fraction of sp³-hybridized carbons (Fsp3) is 0.533. The van der Waals surface area contributed by atoms with Crippen LogP contribution in [0.1, 0.15) is 40.9 Å². The van der Waals surface area contributed by atoms with Gasteiger partial charge < -0.3 is 5.32 Å². The van der Waals surface area contributed by atoms with E-state index in [2.05, 4.69) is 38.2 Å². The molecule has 2 heteroatoms. The Hall–Kier alpha value is -1.15. The van der Waals surface area contributed by atoms with Gasteiger partial charge >= 0.3 is 0 Å². The number of nitrogens with one attached hydrogen (secondary N) is 1. The van der Waals surface area contributed by atoms with Gasteiger partial charge in [0.05, 0.1) is 6.54 Å². The van der Waals surface area contributed by atoms with E-state index in [0.717, 1.165) is 23.2 Å². The van der Waals surface area contributed by atoms with E-state index < -0.39 is 0 Å². The molecule has 0 aliphatic heterocycles. The highest BCUT2D eigenvalue weighted by Crippen LogP contribution is 2.16. The van der Waals surface area contributed by atoms with Gasteiger partial charge in [-0.25, -0.2) is 0 Å². The Morgan fingerprint density at radius 1 is 1.18 bits per heavy atom. The minimum Gasteiger partial charge on any atom is -0.309 e. The predicted molar refractivity (Wildman–Crippen MR) is 72.7 cm³/mol. The molecule has 0 amide bonds. The fourth-order valence-corrected chi connectivity index (χ4v) is 2.18. The van der Waals surface area contributed by atoms with Gasteiger partial charge in [0.1, 0.15) is 0 Å². The van der Waals surface area contributed by atoms with Crippen LogP contribution in [0.5, 0.6) is 0 Å². The predicted octanol–water partition coefficient (Wildman–Crippen LogP) is 3.04. The summed E-state index contributed by atoms with van der Waals surface area (Å²) >= 11 is 0. The highest BCUT2D eigenvalue weighted by Gasteiger charge is 2.12. The monoisotopic (exact) mass is 233 g/mol. The molecule has 1 N–H and O–H groups in total. The molecule has 0 saturated heterocycles. The Labute approximate surface area is 104 Å². The molecule has 0 saturated carbocycles. The first-order chi connectivity index (χ1) is 7.91. The van der Waals surface area contributed by atoms with E-state index in [9.17, 15) is 4.79 Å². The maximum absolute atomic E-state index is 12.1. The first-order valence-corrected chi connectivity index (χ1v) is 6.23. The number of carbonyl (C=O) groups is 1. The Morgan fingerprint density at radius 2 is 1.71 bits per heavy atom.